The van der Waals surface area contributed by atoms with Crippen LogP contribution >= 0.6 is 0 Å². The lowest BCUT2D eigenvalue weighted by molar-refractivity contribution is -0.357. The van der Waals surface area contributed by atoms with Gasteiger partial charge in [-0.2, -0.15) is 0 Å². The molecule has 2 aromatic rings. The zero-order valence-corrected chi connectivity index (χ0v) is 24.4. The highest BCUT2D eigenvalue weighted by molar-refractivity contribution is 5.87. The first-order valence-corrected chi connectivity index (χ1v) is 14.1. The van der Waals surface area contributed by atoms with Gasteiger partial charge in [0.15, 0.2) is 41.7 Å². The molecule has 2 aromatic carbocycles. The number of hydrogen-bond donors (Lipinski definition) is 8. The zero-order valence-electron chi connectivity index (χ0n) is 24.4. The number of aliphatic hydroxyl groups is 5. The van der Waals surface area contributed by atoms with Crippen molar-refractivity contribution in [3.63, 3.8) is 0 Å². The van der Waals surface area contributed by atoms with Crippen molar-refractivity contribution in [3.8, 4) is 23.0 Å². The van der Waals surface area contributed by atoms with E-state index in [2.05, 4.69) is 0 Å². The van der Waals surface area contributed by atoms with Crippen LogP contribution in [-0.4, -0.2) is 129 Å². The smallest absolute Gasteiger partial charge is 0.331 e. The number of esters is 1. The molecular weight excluding hydrogens is 600 g/mol. The fourth-order valence-electron chi connectivity index (χ4n) is 4.92. The Morgan fingerprint density at radius 1 is 0.867 bits per heavy atom. The van der Waals surface area contributed by atoms with E-state index in [9.17, 15) is 45.6 Å². The molecule has 4 rings (SSSR count). The van der Waals surface area contributed by atoms with Gasteiger partial charge in [0, 0.05) is 6.08 Å². The molecule has 0 bridgehead atoms. The molecule has 15 heteroatoms. The summed E-state index contributed by atoms with van der Waals surface area (Å²) in [5.41, 5.74) is 1.01. The van der Waals surface area contributed by atoms with E-state index in [-0.39, 0.29) is 36.0 Å². The van der Waals surface area contributed by atoms with Gasteiger partial charge in [-0.25, -0.2) is 4.79 Å². The van der Waals surface area contributed by atoms with Gasteiger partial charge in [-0.1, -0.05) is 12.1 Å². The fourth-order valence-corrected chi connectivity index (χ4v) is 4.92. The van der Waals surface area contributed by atoms with Gasteiger partial charge in [-0.05, 0) is 54.8 Å². The van der Waals surface area contributed by atoms with Crippen LogP contribution in [0, 0.1) is 0 Å². The van der Waals surface area contributed by atoms with Crippen LogP contribution in [0.1, 0.15) is 18.1 Å². The number of aliphatic hydroxyl groups excluding tert-OH is 5. The van der Waals surface area contributed by atoms with Crippen LogP contribution in [0.15, 0.2) is 42.5 Å². The second-order valence-electron chi connectivity index (χ2n) is 10.6. The van der Waals surface area contributed by atoms with E-state index < -0.39 is 74.0 Å². The third-order valence-corrected chi connectivity index (χ3v) is 7.47. The maximum Gasteiger partial charge on any atom is 0.331 e. The molecule has 0 saturated carbocycles. The van der Waals surface area contributed by atoms with E-state index in [4.69, 9.17) is 28.4 Å². The molecule has 2 aliphatic rings. The second-order valence-corrected chi connectivity index (χ2v) is 10.6. The van der Waals surface area contributed by atoms with Crippen molar-refractivity contribution < 1.29 is 74.1 Å². The molecule has 10 unspecified atom stereocenters. The Kier molecular flexibility index (Phi) is 11.6. The van der Waals surface area contributed by atoms with Crippen LogP contribution < -0.4 is 4.74 Å². The highest BCUT2D eigenvalue weighted by Gasteiger charge is 2.52. The predicted octanol–water partition coefficient (Wildman–Crippen LogP) is -0.713. The van der Waals surface area contributed by atoms with Crippen molar-refractivity contribution in [1.82, 2.24) is 0 Å². The summed E-state index contributed by atoms with van der Waals surface area (Å²) in [6.07, 6.45) is -12.4. The summed E-state index contributed by atoms with van der Waals surface area (Å²) in [6.45, 7) is 0.640. The number of carbonyl (C=O) groups is 1. The highest BCUT2D eigenvalue weighted by atomic mass is 16.7. The summed E-state index contributed by atoms with van der Waals surface area (Å²) in [5, 5.41) is 81.5. The van der Waals surface area contributed by atoms with Gasteiger partial charge in [0.2, 0.25) is 0 Å². The van der Waals surface area contributed by atoms with Crippen LogP contribution in [0.25, 0.3) is 6.08 Å². The zero-order chi connectivity index (χ0) is 32.8. The fraction of sp³-hybridized carbons (Fsp3) is 0.500. The van der Waals surface area contributed by atoms with Gasteiger partial charge >= 0.3 is 5.97 Å². The summed E-state index contributed by atoms with van der Waals surface area (Å²) in [7, 11) is 1.39. The number of phenols is 3. The van der Waals surface area contributed by atoms with E-state index in [1.54, 1.807) is 12.1 Å². The van der Waals surface area contributed by atoms with Gasteiger partial charge in [-0.15, -0.1) is 0 Å². The molecule has 0 aliphatic carbocycles. The Morgan fingerprint density at radius 3 is 2.29 bits per heavy atom. The predicted molar refractivity (Wildman–Crippen MR) is 152 cm³/mol. The SMILES string of the molecule is COc1ccc(/C=C/C(=O)OC2C(CO)OC(OCCc3ccc(O)c(O)c3)C(O)C2OC2OC(C)C(O)C(O)C2O)cc1O. The quantitative estimate of drug-likeness (QED) is 0.0862. The normalized spacial score (nSPS) is 32.0. The molecule has 45 heavy (non-hydrogen) atoms. The summed E-state index contributed by atoms with van der Waals surface area (Å²) in [6, 6.07) is 8.60. The Balaban J connectivity index is 1.52. The van der Waals surface area contributed by atoms with Crippen LogP contribution in [0.2, 0.25) is 0 Å². The Morgan fingerprint density at radius 2 is 1.62 bits per heavy atom. The lowest BCUT2D eigenvalue weighted by atomic mass is 9.97. The first kappa shape index (κ1) is 34.4. The molecule has 8 N–H and O–H groups in total. The number of methoxy groups -OCH3 is 1. The molecule has 10 atom stereocenters. The van der Waals surface area contributed by atoms with E-state index in [1.165, 1.54) is 44.4 Å². The van der Waals surface area contributed by atoms with Crippen molar-refractivity contribution in [2.24, 2.45) is 0 Å². The Labute approximate surface area is 258 Å². The van der Waals surface area contributed by atoms with Crippen LogP contribution in [0.3, 0.4) is 0 Å². The van der Waals surface area contributed by atoms with Crippen molar-refractivity contribution in [1.29, 1.82) is 0 Å². The third-order valence-electron chi connectivity index (χ3n) is 7.47. The first-order chi connectivity index (χ1) is 21.4. The molecule has 2 saturated heterocycles. The van der Waals surface area contributed by atoms with Gasteiger partial charge in [0.25, 0.3) is 0 Å². The van der Waals surface area contributed by atoms with Crippen molar-refractivity contribution >= 4 is 12.0 Å². The van der Waals surface area contributed by atoms with Gasteiger partial charge in [0.05, 0.1) is 26.4 Å². The molecule has 0 spiro atoms. The maximum atomic E-state index is 12.9. The van der Waals surface area contributed by atoms with Crippen LogP contribution in [0.5, 0.6) is 23.0 Å². The van der Waals surface area contributed by atoms with Gasteiger partial charge in [0.1, 0.15) is 36.6 Å². The molecule has 2 heterocycles. The molecule has 0 aromatic heterocycles. The number of carbonyl (C=O) groups excluding carboxylic acids is 1. The summed E-state index contributed by atoms with van der Waals surface area (Å²) < 4.78 is 33.3. The number of phenolic OH excluding ortho intramolecular Hbond substituents is 3. The largest absolute Gasteiger partial charge is 0.504 e. The summed E-state index contributed by atoms with van der Waals surface area (Å²) in [5.74, 6) is -1.51. The van der Waals surface area contributed by atoms with Crippen molar-refractivity contribution in [2.45, 2.75) is 74.8 Å². The Bertz CT molecular complexity index is 1320. The highest BCUT2D eigenvalue weighted by Crippen LogP contribution is 2.32. The maximum absolute atomic E-state index is 12.9. The molecule has 248 valence electrons. The summed E-state index contributed by atoms with van der Waals surface area (Å²) in [4.78, 5) is 12.9. The monoisotopic (exact) mass is 638 g/mol. The molecule has 15 nitrogen and oxygen atoms in total. The van der Waals surface area contributed by atoms with Crippen molar-refractivity contribution in [2.75, 3.05) is 20.3 Å². The second kappa shape index (κ2) is 15.2. The van der Waals surface area contributed by atoms with E-state index >= 15 is 0 Å². The number of ether oxygens (including phenoxy) is 6. The average Bonchev–Trinajstić information content (AvgIpc) is 3.02. The van der Waals surface area contributed by atoms with Gasteiger partial charge in [-0.3, -0.25) is 0 Å². The first-order valence-electron chi connectivity index (χ1n) is 14.1. The number of aromatic hydroxyl groups is 3. The number of rotatable bonds is 11. The minimum Gasteiger partial charge on any atom is -0.504 e. The van der Waals surface area contributed by atoms with E-state index in [0.717, 1.165) is 6.08 Å². The molecule has 0 radical (unpaired) electrons. The Hall–Kier alpha value is -3.51. The minimum absolute atomic E-state index is 0.0663. The third kappa shape index (κ3) is 8.21. The molecule has 2 aliphatic heterocycles. The topological polar surface area (TPSA) is 234 Å². The average molecular weight is 639 g/mol. The molecule has 2 fully saturated rings. The van der Waals surface area contributed by atoms with Gasteiger partial charge < -0.3 is 69.3 Å². The van der Waals surface area contributed by atoms with E-state index in [0.29, 0.717) is 11.1 Å². The number of benzene rings is 2. The minimum atomic E-state index is -1.76. The van der Waals surface area contributed by atoms with Crippen molar-refractivity contribution in [3.05, 3.63) is 53.6 Å². The molecule has 0 amide bonds. The number of hydrogen-bond acceptors (Lipinski definition) is 15. The van der Waals surface area contributed by atoms with Crippen LogP contribution in [0.4, 0.5) is 0 Å². The van der Waals surface area contributed by atoms with E-state index in [1.807, 2.05) is 0 Å². The standard InChI is InChI=1S/C30H38O15/c1-14-23(36)24(37)25(38)30(42-14)45-28-26(39)29(41-10-9-16-3-6-17(32)18(33)11-16)43-21(13-31)27(28)44-22(35)8-5-15-4-7-20(40-2)19(34)12-15/h3-8,11-12,14,21,23-34,36-39H,9-10,13H2,1-2H3/b8-5+. The molecular formula is C30H38O15. The van der Waals surface area contributed by atoms with Crippen LogP contribution in [-0.2, 0) is 34.9 Å². The summed E-state index contributed by atoms with van der Waals surface area (Å²) >= 11 is 0. The lowest BCUT2D eigenvalue weighted by Crippen LogP contribution is -2.65. The lowest BCUT2D eigenvalue weighted by Gasteiger charge is -2.46.